The van der Waals surface area contributed by atoms with Crippen LogP contribution in [0.15, 0.2) is 22.6 Å². The highest BCUT2D eigenvalue weighted by molar-refractivity contribution is 8.06. The fraction of sp³-hybridized carbons (Fsp3) is 0.500. The van der Waals surface area contributed by atoms with Gasteiger partial charge in [0, 0.05) is 11.2 Å². The van der Waals surface area contributed by atoms with E-state index in [4.69, 9.17) is 23.2 Å². The molecule has 5 atom stereocenters. The number of rotatable bonds is 0. The Balaban J connectivity index is 2.13. The first-order valence-corrected chi connectivity index (χ1v) is 6.81. The molecule has 3 heterocycles. The Labute approximate surface area is 93.0 Å². The third-order valence-electron chi connectivity index (χ3n) is 2.76. The van der Waals surface area contributed by atoms with Crippen molar-refractivity contribution >= 4 is 45.8 Å². The molecule has 0 aliphatic carbocycles. The molecular formula is C8H6Cl2OS2. The van der Waals surface area contributed by atoms with Gasteiger partial charge in [-0.25, -0.2) is 0 Å². The van der Waals surface area contributed by atoms with Gasteiger partial charge in [-0.15, -0.1) is 11.8 Å². The molecule has 3 rings (SSSR count). The molecule has 1 unspecified atom stereocenters. The molecule has 0 radical (unpaired) electrons. The minimum Gasteiger partial charge on any atom is -0.257 e. The van der Waals surface area contributed by atoms with Gasteiger partial charge in [-0.2, -0.15) is 0 Å². The Hall–Kier alpha value is 0.560. The van der Waals surface area contributed by atoms with Crippen LogP contribution >= 0.6 is 35.0 Å². The summed E-state index contributed by atoms with van der Waals surface area (Å²) in [5.74, 6) is 0.155. The summed E-state index contributed by atoms with van der Waals surface area (Å²) in [6, 6.07) is 0. The van der Waals surface area contributed by atoms with Crippen LogP contribution in [0, 0.1) is 5.92 Å². The Morgan fingerprint density at radius 2 is 2.38 bits per heavy atom. The standard InChI is InChI=1S/C8H6Cl2OS2/c9-6-3-4-7(12-6)5-1-2-8(4,10)13(5)11/h1-5,7H/t4-,5+,7+,8-,13?/m0/s1. The van der Waals surface area contributed by atoms with E-state index in [0.29, 0.717) is 5.25 Å². The van der Waals surface area contributed by atoms with Crippen molar-refractivity contribution < 1.29 is 4.21 Å². The van der Waals surface area contributed by atoms with E-state index in [1.807, 2.05) is 18.2 Å². The Bertz CT molecular complexity index is 365. The van der Waals surface area contributed by atoms with Gasteiger partial charge >= 0.3 is 0 Å². The summed E-state index contributed by atoms with van der Waals surface area (Å²) in [6.45, 7) is 0. The number of alkyl halides is 1. The maximum Gasteiger partial charge on any atom is 0.145 e. The van der Waals surface area contributed by atoms with Crippen LogP contribution in [0.25, 0.3) is 0 Å². The van der Waals surface area contributed by atoms with E-state index in [0.717, 1.165) is 4.36 Å². The lowest BCUT2D eigenvalue weighted by molar-refractivity contribution is 0.630. The molecule has 0 spiro atoms. The highest BCUT2D eigenvalue weighted by atomic mass is 35.5. The Morgan fingerprint density at radius 3 is 3.08 bits per heavy atom. The van der Waals surface area contributed by atoms with E-state index >= 15 is 0 Å². The second kappa shape index (κ2) is 2.57. The molecule has 13 heavy (non-hydrogen) atoms. The van der Waals surface area contributed by atoms with Crippen LogP contribution in [-0.2, 0) is 10.8 Å². The highest BCUT2D eigenvalue weighted by Gasteiger charge is 2.61. The molecule has 0 aromatic heterocycles. The van der Waals surface area contributed by atoms with Gasteiger partial charge in [-0.05, 0) is 0 Å². The zero-order valence-corrected chi connectivity index (χ0v) is 9.59. The largest absolute Gasteiger partial charge is 0.257 e. The molecule has 0 N–H and O–H groups in total. The third kappa shape index (κ3) is 0.942. The average Bonchev–Trinajstić information content (AvgIpc) is 2.62. The minimum absolute atomic E-state index is 0.0972. The summed E-state index contributed by atoms with van der Waals surface area (Å²) >= 11 is 13.8. The van der Waals surface area contributed by atoms with Crippen molar-refractivity contribution in [3.05, 3.63) is 22.6 Å². The van der Waals surface area contributed by atoms with Gasteiger partial charge in [0.2, 0.25) is 0 Å². The molecule has 1 nitrogen and oxygen atoms in total. The second-order valence-electron chi connectivity index (χ2n) is 3.40. The van der Waals surface area contributed by atoms with Crippen molar-refractivity contribution in [2.24, 2.45) is 5.92 Å². The lowest BCUT2D eigenvalue weighted by Crippen LogP contribution is -2.28. The minimum atomic E-state index is -0.960. The molecule has 1 saturated heterocycles. The summed E-state index contributed by atoms with van der Waals surface area (Å²) in [4.78, 5) is 0. The first-order valence-electron chi connectivity index (χ1n) is 3.96. The molecule has 0 saturated carbocycles. The van der Waals surface area contributed by atoms with Gasteiger partial charge in [0.15, 0.2) is 0 Å². The van der Waals surface area contributed by atoms with Gasteiger partial charge in [-0.3, -0.25) is 4.21 Å². The summed E-state index contributed by atoms with van der Waals surface area (Å²) in [7, 11) is -0.960. The van der Waals surface area contributed by atoms with Crippen LogP contribution in [0.2, 0.25) is 0 Å². The van der Waals surface area contributed by atoms with Crippen molar-refractivity contribution in [1.29, 1.82) is 0 Å². The summed E-state index contributed by atoms with van der Waals surface area (Å²) in [5.41, 5.74) is 0. The average molecular weight is 253 g/mol. The van der Waals surface area contributed by atoms with E-state index in [-0.39, 0.29) is 11.2 Å². The lowest BCUT2D eigenvalue weighted by atomic mass is 9.94. The maximum atomic E-state index is 11.8. The number of hydrogen-bond acceptors (Lipinski definition) is 2. The number of allylic oxidation sites excluding steroid dienone is 1. The van der Waals surface area contributed by atoms with Crippen molar-refractivity contribution in [3.63, 3.8) is 0 Å². The van der Waals surface area contributed by atoms with Gasteiger partial charge in [0.1, 0.15) is 4.21 Å². The van der Waals surface area contributed by atoms with Crippen LogP contribution in [0.5, 0.6) is 0 Å². The molecule has 3 aliphatic rings. The second-order valence-corrected chi connectivity index (χ2v) is 7.91. The number of halogens is 2. The van der Waals surface area contributed by atoms with Crippen molar-refractivity contribution in [1.82, 2.24) is 0 Å². The summed E-state index contributed by atoms with van der Waals surface area (Å²) in [6.07, 6.45) is 5.80. The SMILES string of the molecule is O=S1[C@@H]2C=C[C@@]1(Cl)[C@H]1C=C(Cl)S[C@@H]21. The summed E-state index contributed by atoms with van der Waals surface area (Å²) in [5, 5.41) is 0.399. The van der Waals surface area contributed by atoms with E-state index in [9.17, 15) is 4.21 Å². The lowest BCUT2D eigenvalue weighted by Gasteiger charge is -2.21. The normalized spacial score (nSPS) is 56.9. The van der Waals surface area contributed by atoms with E-state index < -0.39 is 15.0 Å². The molecule has 1 fully saturated rings. The van der Waals surface area contributed by atoms with Crippen LogP contribution in [-0.4, -0.2) is 18.9 Å². The smallest absolute Gasteiger partial charge is 0.145 e. The van der Waals surface area contributed by atoms with Crippen LogP contribution in [0.1, 0.15) is 0 Å². The predicted octanol–water partition coefficient (Wildman–Crippen LogP) is 2.43. The first-order chi connectivity index (χ1) is 6.13. The molecular weight excluding hydrogens is 247 g/mol. The Morgan fingerprint density at radius 1 is 1.62 bits per heavy atom. The molecule has 5 heteroatoms. The topological polar surface area (TPSA) is 17.1 Å². The zero-order chi connectivity index (χ0) is 9.22. The monoisotopic (exact) mass is 252 g/mol. The maximum absolute atomic E-state index is 11.8. The predicted molar refractivity (Wildman–Crippen MR) is 58.5 cm³/mol. The Kier molecular flexibility index (Phi) is 1.75. The van der Waals surface area contributed by atoms with Crippen LogP contribution < -0.4 is 0 Å². The number of hydrogen-bond donors (Lipinski definition) is 0. The molecule has 2 bridgehead atoms. The third-order valence-corrected chi connectivity index (χ3v) is 7.35. The zero-order valence-electron chi connectivity index (χ0n) is 6.44. The first kappa shape index (κ1) is 8.84. The van der Waals surface area contributed by atoms with Gasteiger partial charge in [0.25, 0.3) is 0 Å². The molecule has 0 amide bonds. The molecule has 0 aromatic carbocycles. The quantitative estimate of drug-likeness (QED) is 0.487. The van der Waals surface area contributed by atoms with Crippen molar-refractivity contribution in [3.8, 4) is 0 Å². The van der Waals surface area contributed by atoms with Crippen LogP contribution in [0.3, 0.4) is 0 Å². The number of fused-ring (bicyclic) bond motifs is 5. The molecule has 3 aliphatic heterocycles. The van der Waals surface area contributed by atoms with Crippen LogP contribution in [0.4, 0.5) is 0 Å². The van der Waals surface area contributed by atoms with E-state index in [2.05, 4.69) is 0 Å². The molecule has 70 valence electrons. The summed E-state index contributed by atoms with van der Waals surface area (Å²) < 4.78 is 12.0. The number of thioether (sulfide) groups is 1. The van der Waals surface area contributed by atoms with E-state index in [1.165, 1.54) is 0 Å². The fourth-order valence-corrected chi connectivity index (χ4v) is 6.69. The van der Waals surface area contributed by atoms with Crippen molar-refractivity contribution in [2.75, 3.05) is 0 Å². The fourth-order valence-electron chi connectivity index (χ4n) is 2.14. The van der Waals surface area contributed by atoms with Gasteiger partial charge < -0.3 is 0 Å². The van der Waals surface area contributed by atoms with Gasteiger partial charge in [-0.1, -0.05) is 41.4 Å². The highest BCUT2D eigenvalue weighted by Crippen LogP contribution is 2.59. The molecule has 0 aromatic rings. The van der Waals surface area contributed by atoms with Gasteiger partial charge in [0.05, 0.1) is 20.4 Å². The van der Waals surface area contributed by atoms with E-state index in [1.54, 1.807) is 11.8 Å². The van der Waals surface area contributed by atoms with Crippen molar-refractivity contribution in [2.45, 2.75) is 14.7 Å².